The molecule has 0 saturated carbocycles. The van der Waals surface area contributed by atoms with Crippen molar-refractivity contribution in [3.63, 3.8) is 0 Å². The van der Waals surface area contributed by atoms with Crippen LogP contribution in [0.1, 0.15) is 38.3 Å². The molecule has 1 aromatic rings. The Morgan fingerprint density at radius 1 is 1.38 bits per heavy atom. The number of hydrogen-bond acceptors (Lipinski definition) is 2. The zero-order valence-corrected chi connectivity index (χ0v) is 8.09. The molecule has 0 aliphatic heterocycles. The van der Waals surface area contributed by atoms with E-state index in [-0.39, 0.29) is 0 Å². The van der Waals surface area contributed by atoms with Gasteiger partial charge in [0.05, 0.1) is 11.4 Å². The van der Waals surface area contributed by atoms with E-state index in [1.807, 2.05) is 18.2 Å². The number of nitrogens with one attached hydrogen (secondary N) is 1. The van der Waals surface area contributed by atoms with Gasteiger partial charge in [-0.05, 0) is 25.0 Å². The lowest BCUT2D eigenvalue weighted by molar-refractivity contribution is 0.740. The molecule has 1 aromatic heterocycles. The summed E-state index contributed by atoms with van der Waals surface area (Å²) in [4.78, 5) is 4.13. The van der Waals surface area contributed by atoms with E-state index in [0.29, 0.717) is 5.71 Å². The van der Waals surface area contributed by atoms with Gasteiger partial charge >= 0.3 is 0 Å². The van der Waals surface area contributed by atoms with Gasteiger partial charge in [0.2, 0.25) is 0 Å². The number of nitrogens with zero attached hydrogens (tertiary/aromatic N) is 1. The first kappa shape index (κ1) is 9.90. The predicted molar refractivity (Wildman–Crippen MR) is 55.2 cm³/mol. The van der Waals surface area contributed by atoms with Crippen molar-refractivity contribution in [3.8, 4) is 0 Å². The maximum absolute atomic E-state index is 7.75. The zero-order chi connectivity index (χ0) is 9.52. The molecule has 0 amide bonds. The first-order chi connectivity index (χ1) is 6.34. The molecule has 0 aliphatic rings. The minimum Gasteiger partial charge on any atom is -0.303 e. The van der Waals surface area contributed by atoms with Crippen LogP contribution in [0.3, 0.4) is 0 Å². The summed E-state index contributed by atoms with van der Waals surface area (Å²) < 4.78 is 0. The standard InChI is InChI=1S/C11H16N2/c1-2-3-4-7-10(12)11-8-5-6-9-13-11/h5-6,8-9,12H,2-4,7H2,1H3. The van der Waals surface area contributed by atoms with Crippen LogP contribution in [-0.2, 0) is 0 Å². The summed E-state index contributed by atoms with van der Waals surface area (Å²) in [5.41, 5.74) is 1.48. The van der Waals surface area contributed by atoms with Crippen LogP contribution in [0.4, 0.5) is 0 Å². The van der Waals surface area contributed by atoms with E-state index in [2.05, 4.69) is 11.9 Å². The summed E-state index contributed by atoms with van der Waals surface area (Å²) in [6.45, 7) is 2.17. The Balaban J connectivity index is 2.40. The molecule has 0 spiro atoms. The largest absolute Gasteiger partial charge is 0.303 e. The van der Waals surface area contributed by atoms with Crippen molar-refractivity contribution in [3.05, 3.63) is 30.1 Å². The highest BCUT2D eigenvalue weighted by Gasteiger charge is 2.00. The van der Waals surface area contributed by atoms with Crippen LogP contribution >= 0.6 is 0 Å². The minimum atomic E-state index is 0.661. The Labute approximate surface area is 79.5 Å². The average Bonchev–Trinajstić information content (AvgIpc) is 2.19. The zero-order valence-electron chi connectivity index (χ0n) is 8.09. The molecule has 0 atom stereocenters. The number of hydrogen-bond donors (Lipinski definition) is 1. The predicted octanol–water partition coefficient (Wildman–Crippen LogP) is 3.03. The summed E-state index contributed by atoms with van der Waals surface area (Å²) in [5.74, 6) is 0. The Hall–Kier alpha value is -1.18. The van der Waals surface area contributed by atoms with E-state index < -0.39 is 0 Å². The van der Waals surface area contributed by atoms with Gasteiger partial charge in [-0.15, -0.1) is 0 Å². The SMILES string of the molecule is CCCCCC(=N)c1ccccn1. The fraction of sp³-hybridized carbons (Fsp3) is 0.455. The molecule has 0 bridgehead atoms. The van der Waals surface area contributed by atoms with Gasteiger partial charge in [0.1, 0.15) is 0 Å². The fourth-order valence-corrected chi connectivity index (χ4v) is 1.22. The van der Waals surface area contributed by atoms with E-state index in [9.17, 15) is 0 Å². The van der Waals surface area contributed by atoms with Crippen LogP contribution in [-0.4, -0.2) is 10.7 Å². The Morgan fingerprint density at radius 2 is 2.23 bits per heavy atom. The maximum atomic E-state index is 7.75. The van der Waals surface area contributed by atoms with Gasteiger partial charge in [0.15, 0.2) is 0 Å². The summed E-state index contributed by atoms with van der Waals surface area (Å²) in [6, 6.07) is 5.70. The van der Waals surface area contributed by atoms with Crippen LogP contribution in [0.15, 0.2) is 24.4 Å². The average molecular weight is 176 g/mol. The summed E-state index contributed by atoms with van der Waals surface area (Å²) in [7, 11) is 0. The molecule has 0 unspecified atom stereocenters. The highest BCUT2D eigenvalue weighted by Crippen LogP contribution is 2.05. The molecular weight excluding hydrogens is 160 g/mol. The number of rotatable bonds is 5. The summed E-state index contributed by atoms with van der Waals surface area (Å²) >= 11 is 0. The van der Waals surface area contributed by atoms with Gasteiger partial charge in [0, 0.05) is 6.20 Å². The van der Waals surface area contributed by atoms with Crippen molar-refractivity contribution in [2.75, 3.05) is 0 Å². The van der Waals surface area contributed by atoms with Crippen molar-refractivity contribution >= 4 is 5.71 Å². The molecule has 1 heterocycles. The van der Waals surface area contributed by atoms with Crippen LogP contribution in [0, 0.1) is 5.41 Å². The van der Waals surface area contributed by atoms with Crippen molar-refractivity contribution in [2.24, 2.45) is 0 Å². The Kier molecular flexibility index (Phi) is 4.16. The highest BCUT2D eigenvalue weighted by molar-refractivity contribution is 5.96. The molecule has 70 valence electrons. The molecule has 0 radical (unpaired) electrons. The molecule has 1 rings (SSSR count). The smallest absolute Gasteiger partial charge is 0.0837 e. The topological polar surface area (TPSA) is 36.7 Å². The van der Waals surface area contributed by atoms with Crippen LogP contribution in [0.5, 0.6) is 0 Å². The van der Waals surface area contributed by atoms with Crippen molar-refractivity contribution in [2.45, 2.75) is 32.6 Å². The Bertz CT molecular complexity index is 254. The first-order valence-electron chi connectivity index (χ1n) is 4.83. The maximum Gasteiger partial charge on any atom is 0.0837 e. The molecule has 0 aliphatic carbocycles. The lowest BCUT2D eigenvalue weighted by Crippen LogP contribution is -2.00. The van der Waals surface area contributed by atoms with Gasteiger partial charge in [0.25, 0.3) is 0 Å². The van der Waals surface area contributed by atoms with E-state index in [0.717, 1.165) is 18.5 Å². The third kappa shape index (κ3) is 3.36. The third-order valence-corrected chi connectivity index (χ3v) is 2.00. The second-order valence-corrected chi connectivity index (χ2v) is 3.15. The minimum absolute atomic E-state index is 0.661. The van der Waals surface area contributed by atoms with Crippen LogP contribution < -0.4 is 0 Å². The highest BCUT2D eigenvalue weighted by atomic mass is 14.7. The fourth-order valence-electron chi connectivity index (χ4n) is 1.22. The van der Waals surface area contributed by atoms with Crippen LogP contribution in [0.25, 0.3) is 0 Å². The molecule has 1 N–H and O–H groups in total. The van der Waals surface area contributed by atoms with E-state index in [4.69, 9.17) is 5.41 Å². The third-order valence-electron chi connectivity index (χ3n) is 2.00. The second kappa shape index (κ2) is 5.46. The van der Waals surface area contributed by atoms with Crippen LogP contribution in [0.2, 0.25) is 0 Å². The van der Waals surface area contributed by atoms with E-state index >= 15 is 0 Å². The molecule has 0 aromatic carbocycles. The molecule has 2 heteroatoms. The lowest BCUT2D eigenvalue weighted by atomic mass is 10.1. The number of pyridine rings is 1. The van der Waals surface area contributed by atoms with Crippen molar-refractivity contribution in [1.82, 2.24) is 4.98 Å². The Morgan fingerprint density at radius 3 is 2.85 bits per heavy atom. The molecule has 2 nitrogen and oxygen atoms in total. The second-order valence-electron chi connectivity index (χ2n) is 3.15. The normalized spacial score (nSPS) is 9.92. The summed E-state index contributed by atoms with van der Waals surface area (Å²) in [5, 5.41) is 7.75. The molecular formula is C11H16N2. The van der Waals surface area contributed by atoms with Crippen molar-refractivity contribution < 1.29 is 0 Å². The van der Waals surface area contributed by atoms with E-state index in [1.54, 1.807) is 6.20 Å². The lowest BCUT2D eigenvalue weighted by Gasteiger charge is -2.01. The molecule has 13 heavy (non-hydrogen) atoms. The monoisotopic (exact) mass is 176 g/mol. The number of unbranched alkanes of at least 4 members (excludes halogenated alkanes) is 2. The van der Waals surface area contributed by atoms with Gasteiger partial charge in [-0.3, -0.25) is 4.98 Å². The van der Waals surface area contributed by atoms with E-state index in [1.165, 1.54) is 12.8 Å². The van der Waals surface area contributed by atoms with Gasteiger partial charge in [-0.1, -0.05) is 25.8 Å². The molecule has 0 fully saturated rings. The number of aromatic nitrogens is 1. The van der Waals surface area contributed by atoms with Gasteiger partial charge in [-0.25, -0.2) is 0 Å². The molecule has 0 saturated heterocycles. The van der Waals surface area contributed by atoms with Gasteiger partial charge in [-0.2, -0.15) is 0 Å². The summed E-state index contributed by atoms with van der Waals surface area (Å²) in [6.07, 6.45) is 6.10. The quantitative estimate of drug-likeness (QED) is 0.543. The van der Waals surface area contributed by atoms with Gasteiger partial charge < -0.3 is 5.41 Å². The van der Waals surface area contributed by atoms with Crippen molar-refractivity contribution in [1.29, 1.82) is 5.41 Å². The first-order valence-corrected chi connectivity index (χ1v) is 4.83.